The van der Waals surface area contributed by atoms with Crippen molar-refractivity contribution >= 4 is 25.0 Å². The van der Waals surface area contributed by atoms with E-state index in [9.17, 15) is 0 Å². The van der Waals surface area contributed by atoms with E-state index in [0.29, 0.717) is 6.61 Å². The summed E-state index contributed by atoms with van der Waals surface area (Å²) in [5, 5.41) is 0. The largest absolute Gasteiger partial charge is 0.496 e. The quantitative estimate of drug-likeness (QED) is 0.632. The fraction of sp³-hybridized carbons (Fsp3) is 0.200. The third-order valence-corrected chi connectivity index (χ3v) is 2.30. The predicted molar refractivity (Wildman–Crippen MR) is 39.7 cm³/mol. The predicted octanol–water partition coefficient (Wildman–Crippen LogP) is 2.46. The molecule has 3 heteroatoms. The molecule has 1 aliphatic rings. The molecule has 0 N–H and O–H groups in total. The van der Waals surface area contributed by atoms with Gasteiger partial charge in [-0.05, 0) is 37.2 Å². The zero-order valence-electron chi connectivity index (χ0n) is 4.13. The Hall–Kier alpha value is 0.110. The van der Waals surface area contributed by atoms with Crippen LogP contribution in [0.5, 0.6) is 0 Å². The van der Waals surface area contributed by atoms with Gasteiger partial charge in [0.05, 0.1) is 11.2 Å². The van der Waals surface area contributed by atoms with Crippen molar-refractivity contribution in [2.24, 2.45) is 0 Å². The standard InChI is InChI=1S/C5H5BrOS/c6-8-5-2-1-3-7-4-5/h1-2,4H,3H2. The van der Waals surface area contributed by atoms with Crippen LogP contribution in [0.3, 0.4) is 0 Å². The number of allylic oxidation sites excluding steroid dienone is 1. The van der Waals surface area contributed by atoms with Crippen LogP contribution in [0.25, 0.3) is 0 Å². The van der Waals surface area contributed by atoms with Gasteiger partial charge in [-0.15, -0.1) is 0 Å². The number of halogens is 1. The maximum absolute atomic E-state index is 4.97. The van der Waals surface area contributed by atoms with Gasteiger partial charge in [0.2, 0.25) is 0 Å². The van der Waals surface area contributed by atoms with Crippen molar-refractivity contribution in [1.29, 1.82) is 0 Å². The van der Waals surface area contributed by atoms with Gasteiger partial charge in [0.25, 0.3) is 0 Å². The van der Waals surface area contributed by atoms with E-state index in [0.717, 1.165) is 4.91 Å². The fourth-order valence-corrected chi connectivity index (χ4v) is 1.24. The van der Waals surface area contributed by atoms with E-state index < -0.39 is 0 Å². The molecule has 0 fully saturated rings. The highest BCUT2D eigenvalue weighted by Crippen LogP contribution is 2.24. The first-order valence-electron chi connectivity index (χ1n) is 2.20. The lowest BCUT2D eigenvalue weighted by atomic mass is 10.4. The molecule has 0 saturated heterocycles. The Morgan fingerprint density at radius 1 is 1.75 bits per heavy atom. The molecule has 0 amide bonds. The van der Waals surface area contributed by atoms with Crippen molar-refractivity contribution in [3.8, 4) is 0 Å². The minimum atomic E-state index is 0.705. The van der Waals surface area contributed by atoms with Crippen molar-refractivity contribution in [3.63, 3.8) is 0 Å². The maximum Gasteiger partial charge on any atom is 0.106 e. The molecular weight excluding hydrogens is 188 g/mol. The first kappa shape index (κ1) is 6.23. The van der Waals surface area contributed by atoms with Crippen LogP contribution in [0.4, 0.5) is 0 Å². The van der Waals surface area contributed by atoms with E-state index in [-0.39, 0.29) is 0 Å². The van der Waals surface area contributed by atoms with Gasteiger partial charge in [-0.3, -0.25) is 0 Å². The van der Waals surface area contributed by atoms with E-state index >= 15 is 0 Å². The van der Waals surface area contributed by atoms with E-state index in [1.807, 2.05) is 12.2 Å². The summed E-state index contributed by atoms with van der Waals surface area (Å²) in [6.07, 6.45) is 5.73. The van der Waals surface area contributed by atoms with Crippen molar-refractivity contribution in [2.45, 2.75) is 0 Å². The monoisotopic (exact) mass is 192 g/mol. The number of hydrogen-bond donors (Lipinski definition) is 0. The third-order valence-electron chi connectivity index (χ3n) is 0.763. The third kappa shape index (κ3) is 1.56. The molecule has 0 aliphatic carbocycles. The van der Waals surface area contributed by atoms with Crippen LogP contribution >= 0.6 is 25.0 Å². The highest BCUT2D eigenvalue weighted by molar-refractivity contribution is 9.50. The van der Waals surface area contributed by atoms with Crippen LogP contribution in [0.15, 0.2) is 23.3 Å². The Morgan fingerprint density at radius 3 is 3.00 bits per heavy atom. The molecule has 44 valence electrons. The number of ether oxygens (including phenoxy) is 1. The van der Waals surface area contributed by atoms with Crippen molar-refractivity contribution < 1.29 is 4.74 Å². The second-order valence-corrected chi connectivity index (χ2v) is 2.93. The van der Waals surface area contributed by atoms with Crippen LogP contribution in [0, 0.1) is 0 Å². The second-order valence-electron chi connectivity index (χ2n) is 1.33. The molecule has 1 aliphatic heterocycles. The summed E-state index contributed by atoms with van der Waals surface area (Å²) in [5.74, 6) is 0. The summed E-state index contributed by atoms with van der Waals surface area (Å²) in [7, 11) is 1.51. The molecular formula is C5H5BrOS. The smallest absolute Gasteiger partial charge is 0.106 e. The molecule has 1 nitrogen and oxygen atoms in total. The lowest BCUT2D eigenvalue weighted by molar-refractivity contribution is 0.285. The Labute approximate surface area is 60.0 Å². The van der Waals surface area contributed by atoms with Gasteiger partial charge in [-0.25, -0.2) is 0 Å². The Balaban J connectivity index is 2.51. The minimum absolute atomic E-state index is 0.705. The Kier molecular flexibility index (Phi) is 2.49. The molecule has 0 aromatic carbocycles. The van der Waals surface area contributed by atoms with Crippen molar-refractivity contribution in [3.05, 3.63) is 23.3 Å². The summed E-state index contributed by atoms with van der Waals surface area (Å²) in [6, 6.07) is 0. The molecule has 0 bridgehead atoms. The topological polar surface area (TPSA) is 9.23 Å². The van der Waals surface area contributed by atoms with Crippen LogP contribution in [-0.4, -0.2) is 6.61 Å². The molecule has 0 spiro atoms. The van der Waals surface area contributed by atoms with Crippen LogP contribution in [0.1, 0.15) is 0 Å². The normalized spacial score (nSPS) is 17.4. The molecule has 0 aromatic heterocycles. The fourth-order valence-electron chi connectivity index (χ4n) is 0.433. The molecule has 0 atom stereocenters. The minimum Gasteiger partial charge on any atom is -0.496 e. The highest BCUT2D eigenvalue weighted by Gasteiger charge is 1.93. The summed E-state index contributed by atoms with van der Waals surface area (Å²) < 4.78 is 4.97. The number of hydrogen-bond acceptors (Lipinski definition) is 2. The first-order valence-corrected chi connectivity index (χ1v) is 4.86. The number of rotatable bonds is 1. The van der Waals surface area contributed by atoms with Gasteiger partial charge in [0, 0.05) is 0 Å². The van der Waals surface area contributed by atoms with E-state index in [2.05, 4.69) is 14.8 Å². The van der Waals surface area contributed by atoms with Crippen molar-refractivity contribution in [2.75, 3.05) is 6.61 Å². The van der Waals surface area contributed by atoms with Crippen LogP contribution in [0.2, 0.25) is 0 Å². The summed E-state index contributed by atoms with van der Waals surface area (Å²) in [6.45, 7) is 0.705. The molecule has 0 aromatic rings. The lowest BCUT2D eigenvalue weighted by Gasteiger charge is -2.02. The Morgan fingerprint density at radius 2 is 2.62 bits per heavy atom. The van der Waals surface area contributed by atoms with Gasteiger partial charge in [-0.1, -0.05) is 0 Å². The zero-order valence-corrected chi connectivity index (χ0v) is 6.54. The Bertz CT molecular complexity index is 130. The molecule has 0 unspecified atom stereocenters. The average molecular weight is 193 g/mol. The lowest BCUT2D eigenvalue weighted by Crippen LogP contribution is -1.87. The summed E-state index contributed by atoms with van der Waals surface area (Å²) in [4.78, 5) is 1.11. The SMILES string of the molecule is BrSC1=COCC=C1. The van der Waals surface area contributed by atoms with Gasteiger partial charge in [0.1, 0.15) is 6.61 Å². The van der Waals surface area contributed by atoms with Gasteiger partial charge in [0.15, 0.2) is 0 Å². The van der Waals surface area contributed by atoms with E-state index in [1.54, 1.807) is 6.26 Å². The van der Waals surface area contributed by atoms with Gasteiger partial charge < -0.3 is 4.74 Å². The van der Waals surface area contributed by atoms with E-state index in [1.165, 1.54) is 10.2 Å². The molecule has 8 heavy (non-hydrogen) atoms. The van der Waals surface area contributed by atoms with Gasteiger partial charge >= 0.3 is 0 Å². The van der Waals surface area contributed by atoms with Gasteiger partial charge in [-0.2, -0.15) is 0 Å². The average Bonchev–Trinajstić information content (AvgIpc) is 1.90. The van der Waals surface area contributed by atoms with Crippen LogP contribution in [-0.2, 0) is 4.74 Å². The summed E-state index contributed by atoms with van der Waals surface area (Å²) >= 11 is 3.23. The highest BCUT2D eigenvalue weighted by atomic mass is 79.9. The summed E-state index contributed by atoms with van der Waals surface area (Å²) in [5.41, 5.74) is 0. The van der Waals surface area contributed by atoms with Crippen LogP contribution < -0.4 is 0 Å². The molecule has 0 saturated carbocycles. The van der Waals surface area contributed by atoms with Crippen molar-refractivity contribution in [1.82, 2.24) is 0 Å². The second kappa shape index (κ2) is 3.20. The first-order chi connectivity index (χ1) is 3.93. The van der Waals surface area contributed by atoms with E-state index in [4.69, 9.17) is 4.74 Å². The molecule has 1 heterocycles. The zero-order chi connectivity index (χ0) is 5.82. The molecule has 1 rings (SSSR count). The molecule has 0 radical (unpaired) electrons. The maximum atomic E-state index is 4.97.